The number of benzene rings is 2. The van der Waals surface area contributed by atoms with Gasteiger partial charge in [-0.25, -0.2) is 10.2 Å². The van der Waals surface area contributed by atoms with Gasteiger partial charge in [0.1, 0.15) is 5.82 Å². The van der Waals surface area contributed by atoms with Gasteiger partial charge in [-0.3, -0.25) is 10.4 Å². The summed E-state index contributed by atoms with van der Waals surface area (Å²) in [6.07, 6.45) is 0.548. The molecule has 1 aromatic heterocycles. The van der Waals surface area contributed by atoms with Gasteiger partial charge in [0.05, 0.1) is 0 Å². The van der Waals surface area contributed by atoms with E-state index >= 15 is 0 Å². The highest BCUT2D eigenvalue weighted by Crippen LogP contribution is 2.05. The van der Waals surface area contributed by atoms with Crippen LogP contribution in [0.2, 0.25) is 0 Å². The molecule has 6 heteroatoms. The molecule has 3 rings (SSSR count). The van der Waals surface area contributed by atoms with E-state index in [9.17, 15) is 4.79 Å². The lowest BCUT2D eigenvalue weighted by Gasteiger charge is -2.08. The average Bonchev–Trinajstić information content (AvgIpc) is 2.56. The predicted octanol–water partition coefficient (Wildman–Crippen LogP) is 1.87. The summed E-state index contributed by atoms with van der Waals surface area (Å²) in [5.41, 5.74) is 7.65. The molecule has 3 N–H and O–H groups in total. The van der Waals surface area contributed by atoms with E-state index in [2.05, 4.69) is 25.8 Å². The minimum atomic E-state index is -0.421. The fraction of sp³-hybridized carbons (Fsp3) is 0.118. The molecule has 0 aliphatic heterocycles. The van der Waals surface area contributed by atoms with Crippen molar-refractivity contribution in [1.82, 2.24) is 20.4 Å². The second-order valence-corrected chi connectivity index (χ2v) is 5.05. The lowest BCUT2D eigenvalue weighted by Crippen LogP contribution is -2.26. The van der Waals surface area contributed by atoms with Crippen molar-refractivity contribution in [2.24, 2.45) is 0 Å². The summed E-state index contributed by atoms with van der Waals surface area (Å²) in [5.74, 6) is 0.829. The highest BCUT2D eigenvalue weighted by molar-refractivity contribution is 5.24. The summed E-state index contributed by atoms with van der Waals surface area (Å²) in [6, 6.07) is 19.8. The summed E-state index contributed by atoms with van der Waals surface area (Å²) >= 11 is 0. The Balaban J connectivity index is 1.64. The number of hydrogen-bond acceptors (Lipinski definition) is 5. The molecule has 0 saturated heterocycles. The molecule has 0 aliphatic rings. The molecule has 23 heavy (non-hydrogen) atoms. The van der Waals surface area contributed by atoms with Crippen LogP contribution < -0.4 is 16.5 Å². The van der Waals surface area contributed by atoms with Crippen LogP contribution in [-0.2, 0) is 13.0 Å². The SMILES string of the molecule is O=c1nc(NNCc2ccccc2)nc(Cc2ccccc2)[nH]1. The zero-order valence-electron chi connectivity index (χ0n) is 12.5. The molecule has 0 unspecified atom stereocenters. The van der Waals surface area contributed by atoms with Gasteiger partial charge in [-0.2, -0.15) is 9.97 Å². The van der Waals surface area contributed by atoms with E-state index in [1.54, 1.807) is 0 Å². The van der Waals surface area contributed by atoms with Crippen LogP contribution in [0.4, 0.5) is 5.95 Å². The van der Waals surface area contributed by atoms with Crippen molar-refractivity contribution in [2.75, 3.05) is 5.43 Å². The summed E-state index contributed by atoms with van der Waals surface area (Å²) in [5, 5.41) is 0. The van der Waals surface area contributed by atoms with Gasteiger partial charge in [0.25, 0.3) is 0 Å². The molecular formula is C17H17N5O. The lowest BCUT2D eigenvalue weighted by atomic mass is 10.1. The number of hydrazine groups is 1. The first-order chi connectivity index (χ1) is 11.3. The third kappa shape index (κ3) is 4.49. The molecular weight excluding hydrogens is 290 g/mol. The van der Waals surface area contributed by atoms with E-state index in [0.717, 1.165) is 11.1 Å². The number of H-pyrrole nitrogens is 1. The highest BCUT2D eigenvalue weighted by atomic mass is 16.1. The standard InChI is InChI=1S/C17H17N5O/c23-17-20-15(11-13-7-3-1-4-8-13)19-16(21-17)22-18-12-14-9-5-2-6-10-14/h1-10,18H,11-12H2,(H2,19,20,21,22,23). The van der Waals surface area contributed by atoms with E-state index in [-0.39, 0.29) is 5.95 Å². The molecule has 116 valence electrons. The molecule has 0 atom stereocenters. The first-order valence-electron chi connectivity index (χ1n) is 7.33. The molecule has 2 aromatic carbocycles. The molecule has 0 saturated carbocycles. The fourth-order valence-corrected chi connectivity index (χ4v) is 2.18. The number of nitrogens with one attached hydrogen (secondary N) is 3. The van der Waals surface area contributed by atoms with Crippen LogP contribution in [0.15, 0.2) is 65.5 Å². The van der Waals surface area contributed by atoms with Crippen LogP contribution in [0.5, 0.6) is 0 Å². The molecule has 0 fully saturated rings. The van der Waals surface area contributed by atoms with Gasteiger partial charge in [0.15, 0.2) is 0 Å². The van der Waals surface area contributed by atoms with Gasteiger partial charge in [-0.05, 0) is 11.1 Å². The van der Waals surface area contributed by atoms with Crippen molar-refractivity contribution in [3.63, 3.8) is 0 Å². The zero-order chi connectivity index (χ0) is 15.9. The Kier molecular flexibility index (Phi) is 4.76. The second kappa shape index (κ2) is 7.33. The predicted molar refractivity (Wildman–Crippen MR) is 88.8 cm³/mol. The van der Waals surface area contributed by atoms with E-state index in [1.807, 2.05) is 60.7 Å². The monoisotopic (exact) mass is 307 g/mol. The largest absolute Gasteiger partial charge is 0.349 e. The number of aromatic nitrogens is 3. The fourth-order valence-electron chi connectivity index (χ4n) is 2.18. The molecule has 0 spiro atoms. The minimum Gasteiger partial charge on any atom is -0.293 e. The summed E-state index contributed by atoms with van der Waals surface area (Å²) in [6.45, 7) is 0.602. The number of anilines is 1. The molecule has 6 nitrogen and oxygen atoms in total. The van der Waals surface area contributed by atoms with Crippen LogP contribution >= 0.6 is 0 Å². The Morgan fingerprint density at radius 2 is 1.52 bits per heavy atom. The Labute approximate surface area is 133 Å². The third-order valence-electron chi connectivity index (χ3n) is 3.25. The highest BCUT2D eigenvalue weighted by Gasteiger charge is 2.03. The zero-order valence-corrected chi connectivity index (χ0v) is 12.5. The molecule has 0 radical (unpaired) electrons. The van der Waals surface area contributed by atoms with E-state index in [0.29, 0.717) is 18.8 Å². The smallest absolute Gasteiger partial charge is 0.293 e. The maximum Gasteiger partial charge on any atom is 0.349 e. The summed E-state index contributed by atoms with van der Waals surface area (Å²) in [7, 11) is 0. The average molecular weight is 307 g/mol. The van der Waals surface area contributed by atoms with Crippen molar-refractivity contribution in [1.29, 1.82) is 0 Å². The van der Waals surface area contributed by atoms with Gasteiger partial charge in [0.2, 0.25) is 5.95 Å². The van der Waals surface area contributed by atoms with E-state index < -0.39 is 5.69 Å². The Morgan fingerprint density at radius 3 is 2.22 bits per heavy atom. The summed E-state index contributed by atoms with van der Waals surface area (Å²) in [4.78, 5) is 22.4. The quantitative estimate of drug-likeness (QED) is 0.606. The normalized spacial score (nSPS) is 10.4. The maximum atomic E-state index is 11.7. The van der Waals surface area contributed by atoms with E-state index in [1.165, 1.54) is 0 Å². The van der Waals surface area contributed by atoms with Gasteiger partial charge < -0.3 is 0 Å². The van der Waals surface area contributed by atoms with E-state index in [4.69, 9.17) is 0 Å². The number of hydrogen-bond donors (Lipinski definition) is 3. The van der Waals surface area contributed by atoms with Crippen molar-refractivity contribution < 1.29 is 0 Å². The van der Waals surface area contributed by atoms with Crippen LogP contribution in [0.25, 0.3) is 0 Å². The topological polar surface area (TPSA) is 82.7 Å². The minimum absolute atomic E-state index is 0.260. The Bertz CT molecular complexity index is 802. The van der Waals surface area contributed by atoms with Gasteiger partial charge in [-0.1, -0.05) is 60.7 Å². The van der Waals surface area contributed by atoms with Crippen LogP contribution in [0.3, 0.4) is 0 Å². The lowest BCUT2D eigenvalue weighted by molar-refractivity contribution is 0.769. The Morgan fingerprint density at radius 1 is 0.870 bits per heavy atom. The number of nitrogens with zero attached hydrogens (tertiary/aromatic N) is 2. The van der Waals surface area contributed by atoms with Crippen molar-refractivity contribution in [2.45, 2.75) is 13.0 Å². The molecule has 0 bridgehead atoms. The van der Waals surface area contributed by atoms with Crippen LogP contribution in [0, 0.1) is 0 Å². The van der Waals surface area contributed by atoms with Gasteiger partial charge >= 0.3 is 5.69 Å². The van der Waals surface area contributed by atoms with Gasteiger partial charge in [-0.15, -0.1) is 0 Å². The first kappa shape index (κ1) is 14.9. The van der Waals surface area contributed by atoms with Gasteiger partial charge in [0, 0.05) is 13.0 Å². The van der Waals surface area contributed by atoms with Crippen molar-refractivity contribution in [3.8, 4) is 0 Å². The first-order valence-corrected chi connectivity index (χ1v) is 7.33. The third-order valence-corrected chi connectivity index (χ3v) is 3.25. The van der Waals surface area contributed by atoms with Crippen molar-refractivity contribution >= 4 is 5.95 Å². The molecule has 0 amide bonds. The molecule has 1 heterocycles. The van der Waals surface area contributed by atoms with Crippen molar-refractivity contribution in [3.05, 3.63) is 88.1 Å². The molecule has 0 aliphatic carbocycles. The number of aromatic amines is 1. The van der Waals surface area contributed by atoms with Crippen LogP contribution in [-0.4, -0.2) is 15.0 Å². The maximum absolute atomic E-state index is 11.7. The van der Waals surface area contributed by atoms with Crippen LogP contribution in [0.1, 0.15) is 17.0 Å². The summed E-state index contributed by atoms with van der Waals surface area (Å²) < 4.78 is 0. The molecule has 3 aromatic rings. The number of rotatable bonds is 6. The second-order valence-electron chi connectivity index (χ2n) is 5.05. The Hall–Kier alpha value is -2.99.